The second-order valence-electron chi connectivity index (χ2n) is 8.63. The van der Waals surface area contributed by atoms with Crippen molar-refractivity contribution in [3.8, 4) is 5.75 Å². The lowest BCUT2D eigenvalue weighted by atomic mass is 9.53. The van der Waals surface area contributed by atoms with Crippen molar-refractivity contribution < 1.29 is 19.2 Å². The van der Waals surface area contributed by atoms with Gasteiger partial charge in [0.2, 0.25) is 0 Å². The van der Waals surface area contributed by atoms with Gasteiger partial charge in [-0.1, -0.05) is 56.7 Å². The minimum absolute atomic E-state index is 0. The maximum absolute atomic E-state index is 9.89. The fraction of sp³-hybridized carbons (Fsp3) is 0.241. The van der Waals surface area contributed by atoms with E-state index < -0.39 is 6.92 Å². The first kappa shape index (κ1) is 28.1. The third-order valence-electron chi connectivity index (χ3n) is 6.18. The first-order valence-corrected chi connectivity index (χ1v) is 12.0. The summed E-state index contributed by atoms with van der Waals surface area (Å²) >= 11 is 0. The number of hydrogen-bond donors (Lipinski definition) is 1. The number of ether oxygens (including phenoxy) is 1. The third kappa shape index (κ3) is 7.29. The van der Waals surface area contributed by atoms with E-state index in [1.807, 2.05) is 62.3 Å². The smallest absolute Gasteiger partial charge is 0.365 e. The minimum Gasteiger partial charge on any atom is -0.497 e. The van der Waals surface area contributed by atoms with Crippen molar-refractivity contribution in [1.82, 2.24) is 9.97 Å². The van der Waals surface area contributed by atoms with E-state index in [4.69, 9.17) is 14.0 Å². The Balaban J connectivity index is 0.00000380. The summed E-state index contributed by atoms with van der Waals surface area (Å²) in [6, 6.07) is 23.7. The molecule has 6 nitrogen and oxygen atoms in total. The van der Waals surface area contributed by atoms with E-state index in [0.717, 1.165) is 38.9 Å². The zero-order chi connectivity index (χ0) is 25.3. The highest BCUT2D eigenvalue weighted by Crippen LogP contribution is 2.17. The van der Waals surface area contributed by atoms with Crippen LogP contribution in [0.5, 0.6) is 5.75 Å². The van der Waals surface area contributed by atoms with Crippen LogP contribution in [0.25, 0.3) is 0 Å². The van der Waals surface area contributed by atoms with E-state index in [1.54, 1.807) is 19.5 Å². The lowest BCUT2D eigenvalue weighted by molar-refractivity contribution is 0.281. The monoisotopic (exact) mass is 496 g/mol. The van der Waals surface area contributed by atoms with Crippen LogP contribution in [0.3, 0.4) is 0 Å². The number of aliphatic hydroxyl groups is 1. The van der Waals surface area contributed by atoms with Crippen LogP contribution in [0.2, 0.25) is 6.82 Å². The summed E-state index contributed by atoms with van der Waals surface area (Å²) in [4.78, 5) is 8.71. The molecule has 4 aromatic rings. The number of aryl methyl sites for hydroxylation is 1. The molecule has 0 bridgehead atoms. The molecule has 0 spiro atoms. The molecule has 0 unspecified atom stereocenters. The predicted molar refractivity (Wildman–Crippen MR) is 151 cm³/mol. The number of benzene rings is 2. The van der Waals surface area contributed by atoms with Crippen molar-refractivity contribution in [1.29, 1.82) is 0 Å². The normalized spacial score (nSPS) is 10.5. The summed E-state index contributed by atoms with van der Waals surface area (Å²) in [6.45, 7) is 4.22. The molecule has 0 amide bonds. The first-order chi connectivity index (χ1) is 17.6. The first-order valence-electron chi connectivity index (χ1n) is 12.0. The molecule has 0 saturated carbocycles. The van der Waals surface area contributed by atoms with Gasteiger partial charge in [0.1, 0.15) is 5.75 Å². The highest BCUT2D eigenvalue weighted by Gasteiger charge is 2.27. The molecule has 0 aliphatic rings. The van der Waals surface area contributed by atoms with Crippen LogP contribution in [-0.2, 0) is 29.1 Å². The van der Waals surface area contributed by atoms with Gasteiger partial charge in [0, 0.05) is 12.4 Å². The van der Waals surface area contributed by atoms with Crippen LogP contribution in [0.15, 0.2) is 85.2 Å². The number of methoxy groups -OCH3 is 1. The number of nitrogens with zero attached hydrogens (tertiary/aromatic N) is 2. The zero-order valence-electron chi connectivity index (χ0n) is 20.9. The Labute approximate surface area is 220 Å². The van der Waals surface area contributed by atoms with Gasteiger partial charge in [-0.25, -0.2) is 0 Å². The van der Waals surface area contributed by atoms with Crippen molar-refractivity contribution >= 4 is 30.2 Å². The number of pyridine rings is 2. The summed E-state index contributed by atoms with van der Waals surface area (Å²) in [7, 11) is 1.65. The van der Waals surface area contributed by atoms with E-state index in [-0.39, 0.29) is 20.9 Å². The average Bonchev–Trinajstić information content (AvgIpc) is 2.93. The van der Waals surface area contributed by atoms with Gasteiger partial charge >= 0.3 is 13.8 Å². The van der Waals surface area contributed by atoms with Gasteiger partial charge in [0.25, 0.3) is 0 Å². The van der Waals surface area contributed by atoms with Crippen LogP contribution in [0.1, 0.15) is 29.9 Å². The van der Waals surface area contributed by atoms with Gasteiger partial charge in [0.15, 0.2) is 0 Å². The van der Waals surface area contributed by atoms with Crippen LogP contribution < -0.4 is 21.1 Å². The molecule has 2 aromatic carbocycles. The molecule has 37 heavy (non-hydrogen) atoms. The van der Waals surface area contributed by atoms with E-state index in [1.165, 1.54) is 0 Å². The second kappa shape index (κ2) is 13.7. The Morgan fingerprint density at radius 1 is 0.811 bits per heavy atom. The highest BCUT2D eigenvalue weighted by molar-refractivity contribution is 6.80. The standard InChI is InChI=1S/C28H30B2N2O4.CH4/c1-21-16-28(34-3)27(17-22(21)18-33)30(36-20-26-9-5-7-15-32-26)24-12-10-23(11-13-24)29(2)35-19-25-8-4-6-14-31-25;/h4-17,33H,18-20H2,1-3H3;1H4. The predicted octanol–water partition coefficient (Wildman–Crippen LogP) is 3.29. The van der Waals surface area contributed by atoms with Crippen LogP contribution in [0.4, 0.5) is 0 Å². The van der Waals surface area contributed by atoms with Crippen molar-refractivity contribution in [3.05, 3.63) is 108 Å². The van der Waals surface area contributed by atoms with E-state index in [2.05, 4.69) is 34.2 Å². The SMILES string of the molecule is C.COc1cc(C)c(CO)cc1B(OCc1ccccn1)c1ccc(B(C)OCc2ccccn2)cc1. The van der Waals surface area contributed by atoms with E-state index >= 15 is 0 Å². The number of rotatable bonds is 11. The van der Waals surface area contributed by atoms with E-state index in [9.17, 15) is 5.11 Å². The second-order valence-corrected chi connectivity index (χ2v) is 8.63. The van der Waals surface area contributed by atoms with Crippen molar-refractivity contribution in [2.75, 3.05) is 7.11 Å². The maximum atomic E-state index is 9.89. The Kier molecular flexibility index (Phi) is 10.4. The average molecular weight is 496 g/mol. The van der Waals surface area contributed by atoms with E-state index in [0.29, 0.717) is 19.0 Å². The van der Waals surface area contributed by atoms with Crippen molar-refractivity contribution in [2.45, 2.75) is 41.0 Å². The van der Waals surface area contributed by atoms with Gasteiger partial charge in [-0.2, -0.15) is 0 Å². The van der Waals surface area contributed by atoms with Crippen LogP contribution in [0, 0.1) is 6.92 Å². The largest absolute Gasteiger partial charge is 0.497 e. The molecule has 0 radical (unpaired) electrons. The summed E-state index contributed by atoms with van der Waals surface area (Å²) in [5, 5.41) is 9.89. The summed E-state index contributed by atoms with van der Waals surface area (Å²) in [6.07, 6.45) is 3.52. The Bertz CT molecular complexity index is 1240. The molecule has 2 aromatic heterocycles. The molecule has 0 fully saturated rings. The molecule has 190 valence electrons. The lowest BCUT2D eigenvalue weighted by Crippen LogP contribution is -2.46. The Morgan fingerprint density at radius 2 is 1.41 bits per heavy atom. The highest BCUT2D eigenvalue weighted by atomic mass is 16.5. The fourth-order valence-electron chi connectivity index (χ4n) is 4.05. The van der Waals surface area contributed by atoms with Crippen molar-refractivity contribution in [2.24, 2.45) is 0 Å². The third-order valence-corrected chi connectivity index (χ3v) is 6.18. The molecular weight excluding hydrogens is 462 g/mol. The number of aromatic nitrogens is 2. The topological polar surface area (TPSA) is 73.7 Å². The van der Waals surface area contributed by atoms with Crippen LogP contribution >= 0.6 is 0 Å². The maximum Gasteiger partial charge on any atom is 0.365 e. The van der Waals surface area contributed by atoms with Gasteiger partial charge in [0.05, 0.1) is 38.3 Å². The van der Waals surface area contributed by atoms with Gasteiger partial charge < -0.3 is 19.2 Å². The molecule has 0 aliphatic heterocycles. The number of hydrogen-bond acceptors (Lipinski definition) is 6. The fourth-order valence-corrected chi connectivity index (χ4v) is 4.05. The van der Waals surface area contributed by atoms with Gasteiger partial charge in [-0.3, -0.25) is 9.97 Å². The van der Waals surface area contributed by atoms with Gasteiger partial charge in [-0.15, -0.1) is 0 Å². The quantitative estimate of drug-likeness (QED) is 0.322. The molecule has 0 atom stereocenters. The summed E-state index contributed by atoms with van der Waals surface area (Å²) < 4.78 is 18.2. The summed E-state index contributed by atoms with van der Waals surface area (Å²) in [5.74, 6) is 0.715. The molecule has 0 saturated heterocycles. The van der Waals surface area contributed by atoms with Crippen molar-refractivity contribution in [3.63, 3.8) is 0 Å². The molecule has 0 aliphatic carbocycles. The molecule has 4 rings (SSSR count). The number of aliphatic hydroxyl groups excluding tert-OH is 1. The molecule has 8 heteroatoms. The molecule has 2 heterocycles. The van der Waals surface area contributed by atoms with Crippen LogP contribution in [-0.4, -0.2) is 36.0 Å². The molecule has 1 N–H and O–H groups in total. The Morgan fingerprint density at radius 3 is 1.95 bits per heavy atom. The minimum atomic E-state index is -0.411. The van der Waals surface area contributed by atoms with Gasteiger partial charge in [-0.05, 0) is 64.8 Å². The Hall–Kier alpha value is -3.45. The zero-order valence-corrected chi connectivity index (χ0v) is 20.9. The summed E-state index contributed by atoms with van der Waals surface area (Å²) in [5.41, 5.74) is 6.43. The molecular formula is C29H34B2N2O4. The lowest BCUT2D eigenvalue weighted by Gasteiger charge is -2.20.